The predicted octanol–water partition coefficient (Wildman–Crippen LogP) is 5.26. The molecule has 1 fully saturated rings. The SMILES string of the molecule is CC(C)Oc1cc([C@@H](C)OC2OCCNC2c2ccccc2)cc(C(F)(F)F)c1. The van der Waals surface area contributed by atoms with Gasteiger partial charge in [-0.2, -0.15) is 13.2 Å². The summed E-state index contributed by atoms with van der Waals surface area (Å²) in [5.74, 6) is 0.169. The van der Waals surface area contributed by atoms with Gasteiger partial charge in [-0.05, 0) is 50.1 Å². The summed E-state index contributed by atoms with van der Waals surface area (Å²) in [6.45, 7) is 6.39. The summed E-state index contributed by atoms with van der Waals surface area (Å²) in [5.41, 5.74) is 0.622. The Kier molecular flexibility index (Phi) is 6.82. The van der Waals surface area contributed by atoms with Gasteiger partial charge in [0.15, 0.2) is 6.29 Å². The number of rotatable bonds is 6. The molecule has 2 aromatic rings. The lowest BCUT2D eigenvalue weighted by Crippen LogP contribution is -2.43. The fourth-order valence-corrected chi connectivity index (χ4v) is 3.28. The number of hydrogen-bond donors (Lipinski definition) is 1. The van der Waals surface area contributed by atoms with Gasteiger partial charge in [0.25, 0.3) is 0 Å². The Balaban J connectivity index is 1.84. The molecule has 0 bridgehead atoms. The summed E-state index contributed by atoms with van der Waals surface area (Å²) in [7, 11) is 0. The van der Waals surface area contributed by atoms with Gasteiger partial charge in [0.2, 0.25) is 0 Å². The van der Waals surface area contributed by atoms with E-state index in [1.807, 2.05) is 30.3 Å². The summed E-state index contributed by atoms with van der Waals surface area (Å²) in [6, 6.07) is 13.2. The van der Waals surface area contributed by atoms with Gasteiger partial charge in [0.1, 0.15) is 5.75 Å². The lowest BCUT2D eigenvalue weighted by atomic mass is 10.0. The van der Waals surface area contributed by atoms with Gasteiger partial charge in [-0.3, -0.25) is 0 Å². The lowest BCUT2D eigenvalue weighted by Gasteiger charge is -2.34. The predicted molar refractivity (Wildman–Crippen MR) is 104 cm³/mol. The van der Waals surface area contributed by atoms with Crippen molar-refractivity contribution in [3.8, 4) is 5.75 Å². The van der Waals surface area contributed by atoms with Gasteiger partial charge in [-0.15, -0.1) is 0 Å². The molecule has 1 aliphatic rings. The van der Waals surface area contributed by atoms with Crippen LogP contribution in [0.1, 0.15) is 49.6 Å². The third kappa shape index (κ3) is 5.72. The Morgan fingerprint density at radius 3 is 2.45 bits per heavy atom. The highest BCUT2D eigenvalue weighted by molar-refractivity contribution is 5.37. The van der Waals surface area contributed by atoms with Crippen molar-refractivity contribution in [3.63, 3.8) is 0 Å². The molecule has 2 aromatic carbocycles. The Hall–Kier alpha value is -2.09. The van der Waals surface area contributed by atoms with Crippen molar-refractivity contribution < 1.29 is 27.4 Å². The van der Waals surface area contributed by atoms with E-state index in [2.05, 4.69) is 5.32 Å². The first-order chi connectivity index (χ1) is 13.7. The van der Waals surface area contributed by atoms with Gasteiger partial charge in [-0.25, -0.2) is 0 Å². The summed E-state index contributed by atoms with van der Waals surface area (Å²) in [5, 5.41) is 3.36. The zero-order valence-corrected chi connectivity index (χ0v) is 16.7. The molecule has 3 atom stereocenters. The van der Waals surface area contributed by atoms with Crippen LogP contribution in [0.3, 0.4) is 0 Å². The average molecular weight is 409 g/mol. The molecule has 7 heteroatoms. The highest BCUT2D eigenvalue weighted by Gasteiger charge is 2.33. The lowest BCUT2D eigenvalue weighted by molar-refractivity contribution is -0.200. The van der Waals surface area contributed by atoms with Crippen molar-refractivity contribution in [1.29, 1.82) is 0 Å². The molecule has 2 unspecified atom stereocenters. The van der Waals surface area contributed by atoms with Gasteiger partial charge in [0, 0.05) is 6.54 Å². The molecule has 1 heterocycles. The van der Waals surface area contributed by atoms with Gasteiger partial charge in [-0.1, -0.05) is 30.3 Å². The highest BCUT2D eigenvalue weighted by atomic mass is 19.4. The maximum Gasteiger partial charge on any atom is 0.416 e. The van der Waals surface area contributed by atoms with Crippen LogP contribution < -0.4 is 10.1 Å². The number of nitrogens with one attached hydrogen (secondary N) is 1. The molecule has 0 spiro atoms. The quantitative estimate of drug-likeness (QED) is 0.707. The van der Waals surface area contributed by atoms with Crippen LogP contribution in [0.25, 0.3) is 0 Å². The van der Waals surface area contributed by atoms with Crippen molar-refractivity contribution in [2.45, 2.75) is 51.5 Å². The van der Waals surface area contributed by atoms with E-state index in [9.17, 15) is 13.2 Å². The minimum atomic E-state index is -4.47. The smallest absolute Gasteiger partial charge is 0.416 e. The van der Waals surface area contributed by atoms with E-state index in [4.69, 9.17) is 14.2 Å². The van der Waals surface area contributed by atoms with E-state index in [1.54, 1.807) is 26.8 Å². The first-order valence-corrected chi connectivity index (χ1v) is 9.68. The molecule has 29 heavy (non-hydrogen) atoms. The largest absolute Gasteiger partial charge is 0.491 e. The molecule has 0 radical (unpaired) electrons. The minimum Gasteiger partial charge on any atom is -0.491 e. The molecule has 1 saturated heterocycles. The van der Waals surface area contributed by atoms with Crippen LogP contribution in [0.5, 0.6) is 5.75 Å². The summed E-state index contributed by atoms with van der Waals surface area (Å²) in [6.07, 6.45) is -5.95. The maximum atomic E-state index is 13.4. The number of halogens is 3. The third-order valence-electron chi connectivity index (χ3n) is 4.61. The second-order valence-corrected chi connectivity index (χ2v) is 7.32. The number of hydrogen-bond acceptors (Lipinski definition) is 4. The van der Waals surface area contributed by atoms with E-state index >= 15 is 0 Å². The van der Waals surface area contributed by atoms with Gasteiger partial charge < -0.3 is 19.5 Å². The second-order valence-electron chi connectivity index (χ2n) is 7.32. The molecule has 0 aromatic heterocycles. The standard InChI is InChI=1S/C22H26F3NO3/c1-14(2)28-19-12-17(11-18(13-19)22(23,24)25)15(3)29-21-20(26-9-10-27-21)16-7-5-4-6-8-16/h4-8,11-15,20-21,26H,9-10H2,1-3H3/t15-,20?,21?/m1/s1. The fourth-order valence-electron chi connectivity index (χ4n) is 3.28. The van der Waals surface area contributed by atoms with E-state index < -0.39 is 24.1 Å². The average Bonchev–Trinajstić information content (AvgIpc) is 2.67. The zero-order chi connectivity index (χ0) is 21.0. The van der Waals surface area contributed by atoms with Crippen LogP contribution in [0.2, 0.25) is 0 Å². The molecule has 0 aliphatic carbocycles. The van der Waals surface area contributed by atoms with Crippen molar-refractivity contribution in [2.24, 2.45) is 0 Å². The number of ether oxygens (including phenoxy) is 3. The van der Waals surface area contributed by atoms with Crippen LogP contribution in [0, 0.1) is 0 Å². The van der Waals surface area contributed by atoms with Crippen LogP contribution in [0.4, 0.5) is 13.2 Å². The Bertz CT molecular complexity index is 796. The monoisotopic (exact) mass is 409 g/mol. The number of morpholine rings is 1. The highest BCUT2D eigenvalue weighted by Crippen LogP contribution is 2.36. The van der Waals surface area contributed by atoms with Crippen molar-refractivity contribution in [3.05, 3.63) is 65.2 Å². The summed E-state index contributed by atoms with van der Waals surface area (Å²) in [4.78, 5) is 0. The molecule has 1 N–H and O–H groups in total. The maximum absolute atomic E-state index is 13.4. The molecule has 0 amide bonds. The molecular formula is C22H26F3NO3. The normalized spacial score (nSPS) is 21.2. The molecule has 158 valence electrons. The Morgan fingerprint density at radius 1 is 1.07 bits per heavy atom. The fraction of sp³-hybridized carbons (Fsp3) is 0.455. The molecule has 3 rings (SSSR count). The van der Waals surface area contributed by atoms with Crippen molar-refractivity contribution >= 4 is 0 Å². The number of alkyl halides is 3. The van der Waals surface area contributed by atoms with E-state index in [0.717, 1.165) is 17.7 Å². The summed E-state index contributed by atoms with van der Waals surface area (Å²) >= 11 is 0. The van der Waals surface area contributed by atoms with Crippen LogP contribution in [0.15, 0.2) is 48.5 Å². The third-order valence-corrected chi connectivity index (χ3v) is 4.61. The molecular weight excluding hydrogens is 383 g/mol. The second kappa shape index (κ2) is 9.15. The molecule has 1 aliphatic heterocycles. The topological polar surface area (TPSA) is 39.7 Å². The molecule has 4 nitrogen and oxygen atoms in total. The van der Waals surface area contributed by atoms with Crippen LogP contribution >= 0.6 is 0 Å². The van der Waals surface area contributed by atoms with E-state index in [-0.39, 0.29) is 17.9 Å². The van der Waals surface area contributed by atoms with Crippen molar-refractivity contribution in [1.82, 2.24) is 5.32 Å². The van der Waals surface area contributed by atoms with Crippen molar-refractivity contribution in [2.75, 3.05) is 13.2 Å². The Morgan fingerprint density at radius 2 is 1.79 bits per heavy atom. The summed E-state index contributed by atoms with van der Waals surface area (Å²) < 4.78 is 57.5. The zero-order valence-electron chi connectivity index (χ0n) is 16.7. The number of benzene rings is 2. The molecule has 0 saturated carbocycles. The van der Waals surface area contributed by atoms with E-state index in [1.165, 1.54) is 0 Å². The van der Waals surface area contributed by atoms with Gasteiger partial charge >= 0.3 is 6.18 Å². The van der Waals surface area contributed by atoms with Crippen LogP contribution in [-0.4, -0.2) is 25.5 Å². The first kappa shape index (κ1) is 21.6. The van der Waals surface area contributed by atoms with E-state index in [0.29, 0.717) is 18.7 Å². The van der Waals surface area contributed by atoms with Gasteiger partial charge in [0.05, 0.1) is 30.4 Å². The Labute approximate surface area is 169 Å². The first-order valence-electron chi connectivity index (χ1n) is 9.68. The van der Waals surface area contributed by atoms with Crippen LogP contribution in [-0.2, 0) is 15.7 Å². The minimum absolute atomic E-state index is 0.169.